The molecule has 18 heavy (non-hydrogen) atoms. The van der Waals surface area contributed by atoms with E-state index >= 15 is 0 Å². The maximum Gasteiger partial charge on any atom is 0.128 e. The van der Waals surface area contributed by atoms with Gasteiger partial charge in [0.2, 0.25) is 0 Å². The van der Waals surface area contributed by atoms with Crippen LogP contribution in [0.1, 0.15) is 54.5 Å². The van der Waals surface area contributed by atoms with E-state index in [1.807, 2.05) is 18.2 Å². The van der Waals surface area contributed by atoms with Crippen molar-refractivity contribution in [3.63, 3.8) is 0 Å². The van der Waals surface area contributed by atoms with Gasteiger partial charge in [-0.1, -0.05) is 37.3 Å². The number of imidazole rings is 1. The molecule has 2 atom stereocenters. The van der Waals surface area contributed by atoms with Gasteiger partial charge in [-0.15, -0.1) is 0 Å². The van der Waals surface area contributed by atoms with Gasteiger partial charge in [0.25, 0.3) is 0 Å². The molecule has 94 valence electrons. The Balaban J connectivity index is 1.90. The molecule has 0 fully saturated rings. The van der Waals surface area contributed by atoms with E-state index in [1.165, 1.54) is 17.8 Å². The third-order valence-electron chi connectivity index (χ3n) is 3.90. The third-order valence-corrected chi connectivity index (χ3v) is 3.90. The largest absolute Gasteiger partial charge is 0.344 e. The first-order chi connectivity index (χ1) is 8.79. The van der Waals surface area contributed by atoms with Crippen LogP contribution in [0.5, 0.6) is 0 Å². The van der Waals surface area contributed by atoms with E-state index in [0.717, 1.165) is 24.2 Å². The van der Waals surface area contributed by atoms with Crippen LogP contribution in [0.2, 0.25) is 0 Å². The molecule has 1 aromatic heterocycles. The Morgan fingerprint density at radius 2 is 2.17 bits per heavy atom. The Morgan fingerprint density at radius 3 is 2.89 bits per heavy atom. The van der Waals surface area contributed by atoms with Crippen LogP contribution in [-0.2, 0) is 6.42 Å². The highest BCUT2D eigenvalue weighted by molar-refractivity contribution is 5.30. The Morgan fingerprint density at radius 1 is 1.39 bits per heavy atom. The summed E-state index contributed by atoms with van der Waals surface area (Å²) in [5, 5.41) is 0. The van der Waals surface area contributed by atoms with Crippen LogP contribution in [0.25, 0.3) is 0 Å². The predicted octanol–water partition coefficient (Wildman–Crippen LogP) is 2.90. The molecule has 1 unspecified atom stereocenters. The molecule has 0 saturated carbocycles. The van der Waals surface area contributed by atoms with Gasteiger partial charge in [0.15, 0.2) is 0 Å². The molecule has 3 N–H and O–H groups in total. The molecule has 0 bridgehead atoms. The molecular formula is C15H19N3. The fourth-order valence-electron chi connectivity index (χ4n) is 2.79. The number of fused-ring (bicyclic) bond motifs is 1. The van der Waals surface area contributed by atoms with Crippen molar-refractivity contribution in [3.05, 3.63) is 53.1 Å². The predicted molar refractivity (Wildman–Crippen MR) is 72.4 cm³/mol. The molecule has 0 saturated heterocycles. The topological polar surface area (TPSA) is 54.7 Å². The second-order valence-electron chi connectivity index (χ2n) is 5.02. The minimum Gasteiger partial charge on any atom is -0.344 e. The number of nitrogens with zero attached hydrogens (tertiary/aromatic N) is 1. The summed E-state index contributed by atoms with van der Waals surface area (Å²) in [5.74, 6) is 1.53. The minimum atomic E-state index is -0.144. The van der Waals surface area contributed by atoms with E-state index in [4.69, 9.17) is 10.7 Å². The Kier molecular flexibility index (Phi) is 2.92. The number of H-pyrrole nitrogens is 1. The van der Waals surface area contributed by atoms with Crippen molar-refractivity contribution in [2.24, 2.45) is 5.73 Å². The summed E-state index contributed by atoms with van der Waals surface area (Å²) in [6.07, 6.45) is 3.51. The van der Waals surface area contributed by atoms with Gasteiger partial charge < -0.3 is 10.7 Å². The van der Waals surface area contributed by atoms with Crippen molar-refractivity contribution in [1.29, 1.82) is 0 Å². The molecule has 0 aliphatic heterocycles. The Hall–Kier alpha value is -1.61. The maximum absolute atomic E-state index is 6.27. The number of nitrogens with two attached hydrogens (primary N) is 1. The minimum absolute atomic E-state index is 0.144. The first-order valence-corrected chi connectivity index (χ1v) is 6.68. The standard InChI is InChI=1S/C15H19N3/c1-2-10-8-9-12-14(10)18-15(17-12)13(16)11-6-4-3-5-7-11/h3-7,10,13H,2,8-9,16H2,1H3,(H,17,18)/t10?,13-/m1/s1. The quantitative estimate of drug-likeness (QED) is 0.868. The Bertz CT molecular complexity index is 530. The van der Waals surface area contributed by atoms with E-state index in [9.17, 15) is 0 Å². The summed E-state index contributed by atoms with van der Waals surface area (Å²) in [4.78, 5) is 8.16. The molecule has 1 aliphatic rings. The monoisotopic (exact) mass is 241 g/mol. The summed E-state index contributed by atoms with van der Waals surface area (Å²) in [7, 11) is 0. The van der Waals surface area contributed by atoms with Crippen LogP contribution >= 0.6 is 0 Å². The second kappa shape index (κ2) is 4.58. The number of aromatic nitrogens is 2. The zero-order valence-corrected chi connectivity index (χ0v) is 10.7. The van der Waals surface area contributed by atoms with Crippen LogP contribution < -0.4 is 5.73 Å². The van der Waals surface area contributed by atoms with Gasteiger partial charge in [0.1, 0.15) is 5.82 Å². The highest BCUT2D eigenvalue weighted by Gasteiger charge is 2.26. The molecule has 0 spiro atoms. The van der Waals surface area contributed by atoms with Gasteiger partial charge in [-0.05, 0) is 24.8 Å². The van der Waals surface area contributed by atoms with Gasteiger partial charge in [-0.2, -0.15) is 0 Å². The lowest BCUT2D eigenvalue weighted by atomic mass is 10.0. The van der Waals surface area contributed by atoms with Gasteiger partial charge in [-0.25, -0.2) is 4.98 Å². The average molecular weight is 241 g/mol. The second-order valence-corrected chi connectivity index (χ2v) is 5.02. The molecule has 3 nitrogen and oxygen atoms in total. The summed E-state index contributed by atoms with van der Waals surface area (Å²) in [5.41, 5.74) is 9.92. The Labute approximate surface area is 107 Å². The first-order valence-electron chi connectivity index (χ1n) is 6.68. The molecule has 2 aromatic rings. The first kappa shape index (κ1) is 11.5. The van der Waals surface area contributed by atoms with Gasteiger partial charge in [0, 0.05) is 11.6 Å². The fourth-order valence-corrected chi connectivity index (χ4v) is 2.79. The van der Waals surface area contributed by atoms with E-state index in [-0.39, 0.29) is 6.04 Å². The normalized spacial score (nSPS) is 19.8. The van der Waals surface area contributed by atoms with Crippen molar-refractivity contribution >= 4 is 0 Å². The van der Waals surface area contributed by atoms with Crippen LogP contribution in [-0.4, -0.2) is 9.97 Å². The van der Waals surface area contributed by atoms with Gasteiger partial charge in [-0.3, -0.25) is 0 Å². The van der Waals surface area contributed by atoms with Crippen LogP contribution in [0, 0.1) is 0 Å². The third kappa shape index (κ3) is 1.85. The van der Waals surface area contributed by atoms with Gasteiger partial charge >= 0.3 is 0 Å². The highest BCUT2D eigenvalue weighted by Crippen LogP contribution is 2.34. The number of rotatable bonds is 3. The van der Waals surface area contributed by atoms with Gasteiger partial charge in [0.05, 0.1) is 11.7 Å². The van der Waals surface area contributed by atoms with Crippen molar-refractivity contribution in [2.75, 3.05) is 0 Å². The van der Waals surface area contributed by atoms with Crippen molar-refractivity contribution in [1.82, 2.24) is 9.97 Å². The van der Waals surface area contributed by atoms with Crippen LogP contribution in [0.15, 0.2) is 30.3 Å². The fraction of sp³-hybridized carbons (Fsp3) is 0.400. The van der Waals surface area contributed by atoms with E-state index in [0.29, 0.717) is 5.92 Å². The van der Waals surface area contributed by atoms with Crippen molar-refractivity contribution in [2.45, 2.75) is 38.1 Å². The zero-order valence-electron chi connectivity index (χ0n) is 10.7. The summed E-state index contributed by atoms with van der Waals surface area (Å²) >= 11 is 0. The lowest BCUT2D eigenvalue weighted by Gasteiger charge is -2.10. The van der Waals surface area contributed by atoms with Crippen molar-refractivity contribution in [3.8, 4) is 0 Å². The number of hydrogen-bond acceptors (Lipinski definition) is 2. The molecule has 0 amide bonds. The number of aromatic amines is 1. The number of hydrogen-bond donors (Lipinski definition) is 2. The number of benzene rings is 1. The highest BCUT2D eigenvalue weighted by atomic mass is 15.0. The molecule has 3 rings (SSSR count). The lowest BCUT2D eigenvalue weighted by Crippen LogP contribution is -2.14. The zero-order chi connectivity index (χ0) is 12.5. The molecule has 1 aromatic carbocycles. The summed E-state index contributed by atoms with van der Waals surface area (Å²) in [6.45, 7) is 2.23. The van der Waals surface area contributed by atoms with E-state index < -0.39 is 0 Å². The maximum atomic E-state index is 6.27. The molecule has 3 heteroatoms. The number of aryl methyl sites for hydroxylation is 1. The number of nitrogens with one attached hydrogen (secondary N) is 1. The summed E-state index contributed by atoms with van der Waals surface area (Å²) < 4.78 is 0. The molecule has 1 aliphatic carbocycles. The summed E-state index contributed by atoms with van der Waals surface area (Å²) in [6, 6.07) is 9.99. The van der Waals surface area contributed by atoms with E-state index in [2.05, 4.69) is 24.0 Å². The average Bonchev–Trinajstić information content (AvgIpc) is 2.98. The van der Waals surface area contributed by atoms with E-state index in [1.54, 1.807) is 0 Å². The molecule has 0 radical (unpaired) electrons. The van der Waals surface area contributed by atoms with Crippen LogP contribution in [0.3, 0.4) is 0 Å². The smallest absolute Gasteiger partial charge is 0.128 e. The lowest BCUT2D eigenvalue weighted by molar-refractivity contribution is 0.632. The molecular weight excluding hydrogens is 222 g/mol. The molecule has 1 heterocycles. The van der Waals surface area contributed by atoms with Crippen LogP contribution in [0.4, 0.5) is 0 Å². The van der Waals surface area contributed by atoms with Crippen molar-refractivity contribution < 1.29 is 0 Å². The SMILES string of the molecule is CCC1CCc2[nH]c([C@H](N)c3ccccc3)nc21.